The zero-order chi connectivity index (χ0) is 43.2. The fraction of sp³-hybridized carbons (Fsp3) is 0.855. The highest BCUT2D eigenvalue weighted by molar-refractivity contribution is 5.96. The lowest BCUT2D eigenvalue weighted by Crippen LogP contribution is -2.49. The van der Waals surface area contributed by atoms with Crippen LogP contribution in [-0.2, 0) is 19.1 Å². The molecule has 0 amide bonds. The van der Waals surface area contributed by atoms with Crippen molar-refractivity contribution in [2.45, 2.75) is 200 Å². The van der Waals surface area contributed by atoms with Crippen LogP contribution in [-0.4, -0.2) is 65.3 Å². The third-order valence-electron chi connectivity index (χ3n) is 22.7. The van der Waals surface area contributed by atoms with E-state index in [1.165, 1.54) is 77.0 Å². The maximum Gasteiger partial charge on any atom is 0.162 e. The Morgan fingerprint density at radius 1 is 0.645 bits per heavy atom. The van der Waals surface area contributed by atoms with E-state index in [2.05, 4.69) is 66.0 Å². The number of ketones is 2. The van der Waals surface area contributed by atoms with Crippen LogP contribution in [0.4, 0.5) is 0 Å². The minimum Gasteiger partial charge on any atom is -0.515 e. The topological polar surface area (TPSA) is 96.9 Å². The SMILES string of the molecule is CC1=C2C[C@H]3[C@@H](CC[C@@H]4CC(=O)/C(=C/O)C[C@@]43C)[C@@H]2CC[C@]12O[C@@H]1C[C@H](C)CN[C@H]1[C@H]2C.CC1=C2C[C@H]3[C@@H](CC[C@@H]4CC(=O)CC[C@@]43C)[C@@H]2CC[C@]12O[C@@H]1C[C@H](C)CN[C@H]1[C@H]2C. The summed E-state index contributed by atoms with van der Waals surface area (Å²) in [4.78, 5) is 24.7. The van der Waals surface area contributed by atoms with Gasteiger partial charge in [0.2, 0.25) is 0 Å². The van der Waals surface area contributed by atoms with Crippen LogP contribution in [0.1, 0.15) is 165 Å². The number of rotatable bonds is 0. The van der Waals surface area contributed by atoms with Gasteiger partial charge in [-0.1, -0.05) is 52.7 Å². The average Bonchev–Trinajstić information content (AvgIpc) is 3.98. The van der Waals surface area contributed by atoms with E-state index in [9.17, 15) is 14.7 Å². The van der Waals surface area contributed by atoms with Crippen LogP contribution in [0.25, 0.3) is 0 Å². The van der Waals surface area contributed by atoms with Crippen molar-refractivity contribution >= 4 is 11.6 Å². The van der Waals surface area contributed by atoms with Crippen LogP contribution in [0, 0.1) is 81.8 Å². The van der Waals surface area contributed by atoms with Gasteiger partial charge in [0.1, 0.15) is 5.78 Å². The highest BCUT2D eigenvalue weighted by Crippen LogP contribution is 2.68. The Balaban J connectivity index is 0.000000140. The average molecular weight is 851 g/mol. The zero-order valence-electron chi connectivity index (χ0n) is 39.8. The van der Waals surface area contributed by atoms with Crippen molar-refractivity contribution in [1.82, 2.24) is 10.6 Å². The normalized spacial score (nSPS) is 54.5. The van der Waals surface area contributed by atoms with Crippen molar-refractivity contribution in [3.63, 3.8) is 0 Å². The van der Waals surface area contributed by atoms with E-state index >= 15 is 0 Å². The molecule has 8 aliphatic carbocycles. The number of piperidine rings is 2. The third-order valence-corrected chi connectivity index (χ3v) is 22.7. The second-order valence-electron chi connectivity index (χ2n) is 25.0. The summed E-state index contributed by atoms with van der Waals surface area (Å²) in [5.41, 5.74) is 7.77. The van der Waals surface area contributed by atoms with Crippen LogP contribution < -0.4 is 10.6 Å². The van der Waals surface area contributed by atoms with E-state index in [1.807, 2.05) is 0 Å². The third kappa shape index (κ3) is 6.06. The first-order valence-corrected chi connectivity index (χ1v) is 26.2. The number of hydrogen-bond donors (Lipinski definition) is 3. The Bertz CT molecular complexity index is 1950. The van der Waals surface area contributed by atoms with Gasteiger partial charge in [-0.2, -0.15) is 0 Å². The molecule has 0 aromatic heterocycles. The molecule has 12 aliphatic rings. The molecule has 342 valence electrons. The van der Waals surface area contributed by atoms with Crippen LogP contribution >= 0.6 is 0 Å². The number of carbonyl (C=O) groups excluding carboxylic acids is 2. The molecule has 6 saturated carbocycles. The summed E-state index contributed by atoms with van der Waals surface area (Å²) < 4.78 is 14.1. The largest absolute Gasteiger partial charge is 0.515 e. The van der Waals surface area contributed by atoms with Gasteiger partial charge in [-0.05, 0) is 198 Å². The molecule has 0 aromatic carbocycles. The highest BCUT2D eigenvalue weighted by atomic mass is 16.5. The summed E-state index contributed by atoms with van der Waals surface area (Å²) in [7, 11) is 0. The molecule has 10 fully saturated rings. The molecule has 4 aliphatic heterocycles. The van der Waals surface area contributed by atoms with Crippen LogP contribution in [0.15, 0.2) is 34.1 Å². The number of nitrogens with one attached hydrogen (secondary N) is 2. The number of aliphatic hydroxyl groups excluding tert-OH is 1. The predicted octanol–water partition coefficient (Wildman–Crippen LogP) is 10.6. The first kappa shape index (κ1) is 42.8. The molecular weight excluding hydrogens is 769 g/mol. The van der Waals surface area contributed by atoms with E-state index < -0.39 is 0 Å². The first-order valence-electron chi connectivity index (χ1n) is 26.2. The number of Topliss-reactive ketones (excluding diaryl/α,β-unsaturated/α-hetero) is 2. The molecule has 4 saturated heterocycles. The molecule has 2 spiro atoms. The molecule has 62 heavy (non-hydrogen) atoms. The van der Waals surface area contributed by atoms with Crippen LogP contribution in [0.5, 0.6) is 0 Å². The van der Waals surface area contributed by atoms with Crippen molar-refractivity contribution in [2.24, 2.45) is 81.8 Å². The van der Waals surface area contributed by atoms with Gasteiger partial charge in [-0.15, -0.1) is 0 Å². The molecule has 7 nitrogen and oxygen atoms in total. The fourth-order valence-electron chi connectivity index (χ4n) is 19.1. The molecule has 3 N–H and O–H groups in total. The molecule has 0 radical (unpaired) electrons. The minimum absolute atomic E-state index is 0.0193. The van der Waals surface area contributed by atoms with Crippen LogP contribution in [0.3, 0.4) is 0 Å². The van der Waals surface area contributed by atoms with Crippen molar-refractivity contribution in [3.05, 3.63) is 34.1 Å². The molecule has 0 bridgehead atoms. The smallest absolute Gasteiger partial charge is 0.162 e. The van der Waals surface area contributed by atoms with Gasteiger partial charge in [-0.3, -0.25) is 9.59 Å². The number of carbonyl (C=O) groups is 2. The standard InChI is InChI=1S/C28H41NO3.C27H41NO2/c1-15-9-25-26(29-13-15)17(3)28(32-25)8-7-20-21-6-5-19-10-24(31)18(14-30)12-27(19,4)23(21)11-22(20)16(28)2;1-15-11-24-25(28-14-15)17(3)27(30-24)10-8-20-21-6-5-18-12-19(29)7-9-26(18,4)23(21)13-22(20)16(27)2/h14-15,17,19-21,23,25-26,29-30H,5-13H2,1-4H3;15,17-18,20-21,23-25,28H,5-14H2,1-4H3/b18-14+;/t15-,17+,19+,20-,21-,23-,25+,26-,27-,28-;15-,17+,18+,20-,21-,23-,24+,25-,26-,27-/m00/s1. The van der Waals surface area contributed by atoms with Crippen LogP contribution in [0.2, 0.25) is 0 Å². The quantitative estimate of drug-likeness (QED) is 0.127. The van der Waals surface area contributed by atoms with Crippen molar-refractivity contribution in [2.75, 3.05) is 13.1 Å². The number of ether oxygens (including phenoxy) is 2. The molecule has 20 atom stereocenters. The Hall–Kier alpha value is -1.80. The summed E-state index contributed by atoms with van der Waals surface area (Å²) in [6, 6.07) is 1.02. The zero-order valence-corrected chi connectivity index (χ0v) is 39.8. The van der Waals surface area contributed by atoms with E-state index in [4.69, 9.17) is 9.47 Å². The van der Waals surface area contributed by atoms with Gasteiger partial charge >= 0.3 is 0 Å². The number of fused-ring (bicyclic) bond motifs is 12. The molecule has 0 unspecified atom stereocenters. The Kier molecular flexibility index (Phi) is 10.4. The monoisotopic (exact) mass is 851 g/mol. The second kappa shape index (κ2) is 15.1. The lowest BCUT2D eigenvalue weighted by atomic mass is 9.51. The molecule has 0 aromatic rings. The van der Waals surface area contributed by atoms with E-state index in [1.54, 1.807) is 22.3 Å². The lowest BCUT2D eigenvalue weighted by Gasteiger charge is -2.52. The minimum atomic E-state index is -0.0787. The van der Waals surface area contributed by atoms with E-state index in [0.717, 1.165) is 74.6 Å². The summed E-state index contributed by atoms with van der Waals surface area (Å²) in [6.45, 7) is 21.7. The van der Waals surface area contributed by atoms with Gasteiger partial charge in [0.25, 0.3) is 0 Å². The maximum atomic E-state index is 12.5. The number of aliphatic hydroxyl groups is 1. The summed E-state index contributed by atoms with van der Waals surface area (Å²) in [6.07, 6.45) is 21.0. The lowest BCUT2D eigenvalue weighted by molar-refractivity contribution is -0.129. The van der Waals surface area contributed by atoms with Gasteiger partial charge in [0.15, 0.2) is 5.78 Å². The van der Waals surface area contributed by atoms with Gasteiger partial charge < -0.3 is 25.2 Å². The van der Waals surface area contributed by atoms with Crippen molar-refractivity contribution < 1.29 is 24.2 Å². The Morgan fingerprint density at radius 2 is 1.15 bits per heavy atom. The summed E-state index contributed by atoms with van der Waals surface area (Å²) >= 11 is 0. The van der Waals surface area contributed by atoms with Crippen molar-refractivity contribution in [1.29, 1.82) is 0 Å². The van der Waals surface area contributed by atoms with Gasteiger partial charge in [0.05, 0.1) is 29.7 Å². The Morgan fingerprint density at radius 3 is 1.66 bits per heavy atom. The second-order valence-corrected chi connectivity index (χ2v) is 25.0. The van der Waals surface area contributed by atoms with Gasteiger partial charge in [0, 0.05) is 48.8 Å². The molecule has 4 heterocycles. The van der Waals surface area contributed by atoms with E-state index in [0.29, 0.717) is 88.9 Å². The van der Waals surface area contributed by atoms with Crippen molar-refractivity contribution in [3.8, 4) is 0 Å². The Labute approximate surface area is 374 Å². The van der Waals surface area contributed by atoms with Gasteiger partial charge in [-0.25, -0.2) is 0 Å². The summed E-state index contributed by atoms with van der Waals surface area (Å²) in [5.74, 6) is 8.85. The highest BCUT2D eigenvalue weighted by Gasteiger charge is 2.64. The molecule has 7 heteroatoms. The summed E-state index contributed by atoms with van der Waals surface area (Å²) in [5, 5.41) is 17.4. The first-order chi connectivity index (χ1) is 29.6. The number of allylic oxidation sites excluding steroid dienone is 3. The predicted molar refractivity (Wildman–Crippen MR) is 244 cm³/mol. The fourth-order valence-corrected chi connectivity index (χ4v) is 19.1. The molecular formula is C55H82N2O5. The number of hydrogen-bond acceptors (Lipinski definition) is 7. The molecule has 12 rings (SSSR count). The maximum absolute atomic E-state index is 12.5. The van der Waals surface area contributed by atoms with E-state index in [-0.39, 0.29) is 22.4 Å².